The van der Waals surface area contributed by atoms with Gasteiger partial charge in [0.05, 0.1) is 11.3 Å². The molecular weight excluding hydrogens is 218 g/mol. The van der Waals surface area contributed by atoms with Crippen molar-refractivity contribution in [2.24, 2.45) is 0 Å². The first-order chi connectivity index (χ1) is 7.79. The van der Waals surface area contributed by atoms with Gasteiger partial charge in [0.25, 0.3) is 0 Å². The van der Waals surface area contributed by atoms with Crippen LogP contribution in [-0.2, 0) is 0 Å². The van der Waals surface area contributed by atoms with E-state index in [-0.39, 0.29) is 0 Å². The fourth-order valence-corrected chi connectivity index (χ4v) is 1.71. The van der Waals surface area contributed by atoms with Crippen LogP contribution in [0.25, 0.3) is 0 Å². The van der Waals surface area contributed by atoms with Crippen molar-refractivity contribution in [2.45, 2.75) is 6.92 Å². The predicted molar refractivity (Wildman–Crippen MR) is 68.3 cm³/mol. The van der Waals surface area contributed by atoms with Crippen molar-refractivity contribution in [2.75, 3.05) is 23.4 Å². The monoisotopic (exact) mass is 231 g/mol. The first-order valence-electron chi connectivity index (χ1n) is 4.90. The van der Waals surface area contributed by atoms with Crippen LogP contribution < -0.4 is 5.32 Å². The Morgan fingerprint density at radius 2 is 2.44 bits per heavy atom. The molecule has 82 valence electrons. The van der Waals surface area contributed by atoms with Crippen LogP contribution >= 0.6 is 11.8 Å². The molecular formula is C12H13N3S. The Morgan fingerprint density at radius 1 is 1.62 bits per heavy atom. The summed E-state index contributed by atoms with van der Waals surface area (Å²) < 4.78 is 0. The highest BCUT2D eigenvalue weighted by Crippen LogP contribution is 2.14. The number of rotatable bonds is 5. The highest BCUT2D eigenvalue weighted by atomic mass is 32.2. The van der Waals surface area contributed by atoms with Gasteiger partial charge in [-0.05, 0) is 18.6 Å². The number of thioether (sulfide) groups is 1. The lowest BCUT2D eigenvalue weighted by Crippen LogP contribution is -2.08. The Kier molecular flexibility index (Phi) is 5.25. The van der Waals surface area contributed by atoms with Gasteiger partial charge in [-0.15, -0.1) is 18.2 Å². The molecule has 1 N–H and O–H groups in total. The summed E-state index contributed by atoms with van der Waals surface area (Å²) in [6.45, 7) is 2.66. The Balaban J connectivity index is 2.52. The fourth-order valence-electron chi connectivity index (χ4n) is 1.21. The zero-order chi connectivity index (χ0) is 11.8. The van der Waals surface area contributed by atoms with Crippen molar-refractivity contribution < 1.29 is 0 Å². The molecule has 0 radical (unpaired) electrons. The van der Waals surface area contributed by atoms with Crippen molar-refractivity contribution in [3.05, 3.63) is 23.4 Å². The molecule has 0 amide bonds. The maximum atomic E-state index is 8.98. The van der Waals surface area contributed by atoms with Gasteiger partial charge in [0.2, 0.25) is 0 Å². The minimum absolute atomic E-state index is 0.615. The number of anilines is 1. The van der Waals surface area contributed by atoms with E-state index in [0.717, 1.165) is 17.9 Å². The van der Waals surface area contributed by atoms with E-state index in [4.69, 9.17) is 11.7 Å². The standard InChI is InChI=1S/C12H13N3S/c1-3-7-16-8-6-15-12-11(9-13)10(2)4-5-14-12/h1,4-5H,6-8H2,2H3,(H,14,15). The molecule has 0 aliphatic rings. The van der Waals surface area contributed by atoms with Gasteiger partial charge in [-0.25, -0.2) is 4.98 Å². The summed E-state index contributed by atoms with van der Waals surface area (Å²) in [4.78, 5) is 4.14. The molecule has 3 nitrogen and oxygen atoms in total. The number of hydrogen-bond donors (Lipinski definition) is 1. The highest BCUT2D eigenvalue weighted by Gasteiger charge is 2.04. The summed E-state index contributed by atoms with van der Waals surface area (Å²) in [5, 5.41) is 12.1. The number of nitrogens with zero attached hydrogens (tertiary/aromatic N) is 2. The molecule has 0 saturated carbocycles. The molecule has 0 unspecified atom stereocenters. The number of aryl methyl sites for hydroxylation is 1. The fraction of sp³-hybridized carbons (Fsp3) is 0.333. The molecule has 0 aliphatic carbocycles. The maximum absolute atomic E-state index is 8.98. The zero-order valence-electron chi connectivity index (χ0n) is 9.16. The van der Waals surface area contributed by atoms with Gasteiger partial charge in [-0.2, -0.15) is 5.26 Å². The second kappa shape index (κ2) is 6.76. The number of hydrogen-bond acceptors (Lipinski definition) is 4. The van der Waals surface area contributed by atoms with Gasteiger partial charge in [0.1, 0.15) is 11.9 Å². The SMILES string of the molecule is C#CCSCCNc1nccc(C)c1C#N. The van der Waals surface area contributed by atoms with E-state index in [2.05, 4.69) is 22.3 Å². The summed E-state index contributed by atoms with van der Waals surface area (Å²) in [6.07, 6.45) is 6.84. The summed E-state index contributed by atoms with van der Waals surface area (Å²) in [6, 6.07) is 3.98. The highest BCUT2D eigenvalue weighted by molar-refractivity contribution is 7.99. The van der Waals surface area contributed by atoms with Crippen molar-refractivity contribution >= 4 is 17.6 Å². The number of aromatic nitrogens is 1. The smallest absolute Gasteiger partial charge is 0.144 e. The number of terminal acetylenes is 1. The van der Waals surface area contributed by atoms with Gasteiger partial charge in [-0.3, -0.25) is 0 Å². The lowest BCUT2D eigenvalue weighted by atomic mass is 10.1. The van der Waals surface area contributed by atoms with Gasteiger partial charge in [0, 0.05) is 18.5 Å². The number of nitriles is 1. The van der Waals surface area contributed by atoms with Crippen LogP contribution in [0.15, 0.2) is 12.3 Å². The van der Waals surface area contributed by atoms with E-state index in [1.807, 2.05) is 13.0 Å². The minimum Gasteiger partial charge on any atom is -0.368 e. The van der Waals surface area contributed by atoms with Gasteiger partial charge < -0.3 is 5.32 Å². The third-order valence-corrected chi connectivity index (χ3v) is 2.86. The minimum atomic E-state index is 0.615. The summed E-state index contributed by atoms with van der Waals surface area (Å²) in [5.74, 6) is 4.85. The average Bonchev–Trinajstić information content (AvgIpc) is 2.29. The molecule has 0 spiro atoms. The number of nitrogens with one attached hydrogen (secondary N) is 1. The second-order valence-corrected chi connectivity index (χ2v) is 4.25. The Morgan fingerprint density at radius 3 is 3.12 bits per heavy atom. The lowest BCUT2D eigenvalue weighted by Gasteiger charge is -2.07. The van der Waals surface area contributed by atoms with E-state index >= 15 is 0 Å². The van der Waals surface area contributed by atoms with Crippen LogP contribution in [0, 0.1) is 30.6 Å². The van der Waals surface area contributed by atoms with E-state index < -0.39 is 0 Å². The molecule has 1 rings (SSSR count). The molecule has 1 aromatic rings. The Bertz CT molecular complexity index is 429. The zero-order valence-corrected chi connectivity index (χ0v) is 9.97. The van der Waals surface area contributed by atoms with Crippen LogP contribution in [0.2, 0.25) is 0 Å². The molecule has 4 heteroatoms. The van der Waals surface area contributed by atoms with Crippen molar-refractivity contribution in [1.82, 2.24) is 4.98 Å². The van der Waals surface area contributed by atoms with Crippen LogP contribution in [0.1, 0.15) is 11.1 Å². The Labute approximate surface area is 100 Å². The molecule has 0 bridgehead atoms. The van der Waals surface area contributed by atoms with Crippen molar-refractivity contribution in [3.63, 3.8) is 0 Å². The molecule has 0 aliphatic heterocycles. The van der Waals surface area contributed by atoms with Gasteiger partial charge in [-0.1, -0.05) is 5.92 Å². The first kappa shape index (κ1) is 12.4. The van der Waals surface area contributed by atoms with Crippen molar-refractivity contribution in [3.8, 4) is 18.4 Å². The topological polar surface area (TPSA) is 48.7 Å². The van der Waals surface area contributed by atoms with E-state index in [0.29, 0.717) is 17.1 Å². The molecule has 1 aromatic heterocycles. The predicted octanol–water partition coefficient (Wildman–Crippen LogP) is 2.04. The summed E-state index contributed by atoms with van der Waals surface area (Å²) >= 11 is 1.68. The second-order valence-electron chi connectivity index (χ2n) is 3.15. The molecule has 1 heterocycles. The van der Waals surface area contributed by atoms with Gasteiger partial charge >= 0.3 is 0 Å². The van der Waals surface area contributed by atoms with Crippen LogP contribution in [0.3, 0.4) is 0 Å². The molecule has 0 saturated heterocycles. The van der Waals surface area contributed by atoms with E-state index in [1.54, 1.807) is 18.0 Å². The normalized spacial score (nSPS) is 9.19. The molecule has 0 aromatic carbocycles. The van der Waals surface area contributed by atoms with E-state index in [1.165, 1.54) is 0 Å². The van der Waals surface area contributed by atoms with Crippen LogP contribution in [0.5, 0.6) is 0 Å². The third kappa shape index (κ3) is 3.49. The quantitative estimate of drug-likeness (QED) is 0.622. The maximum Gasteiger partial charge on any atom is 0.144 e. The summed E-state index contributed by atoms with van der Waals surface area (Å²) in [5.41, 5.74) is 1.56. The van der Waals surface area contributed by atoms with E-state index in [9.17, 15) is 0 Å². The number of pyridine rings is 1. The largest absolute Gasteiger partial charge is 0.368 e. The molecule has 0 atom stereocenters. The van der Waals surface area contributed by atoms with Crippen molar-refractivity contribution in [1.29, 1.82) is 5.26 Å². The first-order valence-corrected chi connectivity index (χ1v) is 6.06. The molecule has 16 heavy (non-hydrogen) atoms. The average molecular weight is 231 g/mol. The third-order valence-electron chi connectivity index (χ3n) is 2.00. The van der Waals surface area contributed by atoms with Crippen LogP contribution in [-0.4, -0.2) is 23.0 Å². The molecule has 0 fully saturated rings. The Hall–Kier alpha value is -1.65. The summed E-state index contributed by atoms with van der Waals surface area (Å²) in [7, 11) is 0. The van der Waals surface area contributed by atoms with Crippen LogP contribution in [0.4, 0.5) is 5.82 Å². The van der Waals surface area contributed by atoms with Gasteiger partial charge in [0.15, 0.2) is 0 Å². The lowest BCUT2D eigenvalue weighted by molar-refractivity contribution is 1.15.